The van der Waals surface area contributed by atoms with Gasteiger partial charge in [-0.2, -0.15) is 0 Å². The average molecular weight is 267 g/mol. The molecule has 0 radical (unpaired) electrons. The Morgan fingerprint density at radius 1 is 1.47 bits per heavy atom. The first kappa shape index (κ1) is 17.8. The number of hydrogen-bond donors (Lipinski definition) is 2. The molecule has 0 aromatic heterocycles. The first-order valence-corrected chi connectivity index (χ1v) is 7.12. The Labute approximate surface area is 117 Å². The minimum Gasteiger partial charge on any atom is -0.318 e. The molecule has 1 rings (SSSR count). The highest BCUT2D eigenvalue weighted by molar-refractivity contribution is 5.83. The molecule has 0 aromatic rings. The number of rotatable bonds is 5. The van der Waals surface area contributed by atoms with Gasteiger partial charge in [-0.15, -0.1) is 0 Å². The minimum atomic E-state index is -0.0589. The van der Waals surface area contributed by atoms with Crippen LogP contribution in [0.25, 0.3) is 0 Å². The molecule has 0 heterocycles. The molecule has 0 aliphatic heterocycles. The molecule has 110 valence electrons. The molecule has 1 unspecified atom stereocenters. The van der Waals surface area contributed by atoms with E-state index in [2.05, 4.69) is 18.1 Å². The van der Waals surface area contributed by atoms with E-state index in [1.54, 1.807) is 0 Å². The quantitative estimate of drug-likeness (QED) is 0.753. The van der Waals surface area contributed by atoms with E-state index >= 15 is 0 Å². The smallest absolute Gasteiger partial charge is 0.243 e. The van der Waals surface area contributed by atoms with Crippen LogP contribution < -0.4 is 5.32 Å². The van der Waals surface area contributed by atoms with E-state index in [-0.39, 0.29) is 11.9 Å². The summed E-state index contributed by atoms with van der Waals surface area (Å²) >= 11 is 0. The average Bonchev–Trinajstić information content (AvgIpc) is 2.97. The second kappa shape index (κ2) is 9.73. The van der Waals surface area contributed by atoms with Crippen molar-refractivity contribution >= 4 is 12.6 Å². The molecule has 1 saturated carbocycles. The van der Waals surface area contributed by atoms with Gasteiger partial charge in [0.05, 0.1) is 6.04 Å². The molecule has 4 nitrogen and oxygen atoms in total. The van der Waals surface area contributed by atoms with Gasteiger partial charge in [-0.1, -0.05) is 25.8 Å². The van der Waals surface area contributed by atoms with E-state index in [1.165, 1.54) is 31.4 Å². The molecule has 1 atom stereocenters. The van der Waals surface area contributed by atoms with Gasteiger partial charge in [-0.3, -0.25) is 4.79 Å². The third-order valence-corrected chi connectivity index (χ3v) is 3.84. The van der Waals surface area contributed by atoms with Crippen LogP contribution >= 0.6 is 0 Å². The van der Waals surface area contributed by atoms with Gasteiger partial charge in [0.25, 0.3) is 0 Å². The molecule has 1 aliphatic rings. The fourth-order valence-corrected chi connectivity index (χ4v) is 2.79. The van der Waals surface area contributed by atoms with E-state index in [1.807, 2.05) is 32.8 Å². The highest BCUT2D eigenvalue weighted by Crippen LogP contribution is 2.32. The van der Waals surface area contributed by atoms with Crippen molar-refractivity contribution in [3.63, 3.8) is 0 Å². The molecule has 4 heteroatoms. The molecule has 1 amide bonds. The highest BCUT2D eigenvalue weighted by Gasteiger charge is 2.27. The Morgan fingerprint density at radius 2 is 2.00 bits per heavy atom. The number of nitrogens with one attached hydrogen (secondary N) is 2. The lowest BCUT2D eigenvalue weighted by Crippen LogP contribution is -2.43. The molecule has 0 bridgehead atoms. The Balaban J connectivity index is 0.00000154. The normalized spacial score (nSPS) is 17.6. The van der Waals surface area contributed by atoms with E-state index in [4.69, 9.17) is 5.41 Å². The molecule has 1 aliphatic carbocycles. The summed E-state index contributed by atoms with van der Waals surface area (Å²) in [5, 5.41) is 8.58. The van der Waals surface area contributed by atoms with Gasteiger partial charge in [0.15, 0.2) is 0 Å². The van der Waals surface area contributed by atoms with Gasteiger partial charge in [0, 0.05) is 12.7 Å². The van der Waals surface area contributed by atoms with Crippen molar-refractivity contribution < 1.29 is 4.79 Å². The zero-order chi connectivity index (χ0) is 14.8. The second-order valence-electron chi connectivity index (χ2n) is 4.84. The fourth-order valence-electron chi connectivity index (χ4n) is 2.79. The lowest BCUT2D eigenvalue weighted by atomic mass is 10.0. The van der Waals surface area contributed by atoms with Gasteiger partial charge in [0.1, 0.15) is 0 Å². The van der Waals surface area contributed by atoms with E-state index < -0.39 is 0 Å². The number of likely N-dealkylation sites (N-methyl/N-ethyl adjacent to an activating group) is 2. The summed E-state index contributed by atoms with van der Waals surface area (Å²) in [6, 6.07) is -0.0589. The van der Waals surface area contributed by atoms with Gasteiger partial charge in [0.2, 0.25) is 5.91 Å². The molecular formula is C15H29N3O. The molecule has 0 spiro atoms. The van der Waals surface area contributed by atoms with E-state index in [0.29, 0.717) is 5.92 Å². The first-order chi connectivity index (χ1) is 9.15. The number of amides is 1. The van der Waals surface area contributed by atoms with Crippen molar-refractivity contribution in [1.29, 1.82) is 5.41 Å². The van der Waals surface area contributed by atoms with Crippen LogP contribution in [0.15, 0.2) is 11.8 Å². The van der Waals surface area contributed by atoms with E-state index in [0.717, 1.165) is 6.42 Å². The van der Waals surface area contributed by atoms with Crippen LogP contribution in [0, 0.1) is 11.3 Å². The second-order valence-corrected chi connectivity index (χ2v) is 4.84. The number of carbonyl (C=O) groups excluding carboxylic acids is 1. The maximum absolute atomic E-state index is 12.3. The van der Waals surface area contributed by atoms with Crippen LogP contribution in [0.3, 0.4) is 0 Å². The maximum Gasteiger partial charge on any atom is 0.243 e. The van der Waals surface area contributed by atoms with Crippen molar-refractivity contribution in [3.05, 3.63) is 11.8 Å². The summed E-state index contributed by atoms with van der Waals surface area (Å²) < 4.78 is 0. The highest BCUT2D eigenvalue weighted by atomic mass is 16.2. The van der Waals surface area contributed by atoms with Crippen LogP contribution in [0.1, 0.15) is 46.0 Å². The SMILES string of the molecule is C/C=C(\C1CCCC1)N(C)C(=O)C(CC)NC.C=N. The van der Waals surface area contributed by atoms with Crippen molar-refractivity contribution in [2.75, 3.05) is 14.1 Å². The Morgan fingerprint density at radius 3 is 2.37 bits per heavy atom. The molecule has 19 heavy (non-hydrogen) atoms. The largest absolute Gasteiger partial charge is 0.318 e. The number of allylic oxidation sites excluding steroid dienone is 2. The van der Waals surface area contributed by atoms with Crippen LogP contribution in [-0.4, -0.2) is 37.7 Å². The van der Waals surface area contributed by atoms with Gasteiger partial charge >= 0.3 is 0 Å². The van der Waals surface area contributed by atoms with Crippen molar-refractivity contribution in [2.45, 2.75) is 52.0 Å². The Kier molecular flexibility index (Phi) is 9.13. The number of carbonyl (C=O) groups is 1. The van der Waals surface area contributed by atoms with E-state index in [9.17, 15) is 4.79 Å². The van der Waals surface area contributed by atoms with Gasteiger partial charge in [-0.25, -0.2) is 0 Å². The van der Waals surface area contributed by atoms with Gasteiger partial charge in [-0.05, 0) is 45.9 Å². The Bertz CT molecular complexity index is 292. The maximum atomic E-state index is 12.3. The lowest BCUT2D eigenvalue weighted by molar-refractivity contribution is -0.130. The summed E-state index contributed by atoms with van der Waals surface area (Å²) in [4.78, 5) is 14.1. The zero-order valence-corrected chi connectivity index (χ0v) is 12.8. The lowest BCUT2D eigenvalue weighted by Gasteiger charge is -2.28. The molecule has 0 aromatic carbocycles. The van der Waals surface area contributed by atoms with Crippen LogP contribution in [0.5, 0.6) is 0 Å². The summed E-state index contributed by atoms with van der Waals surface area (Å²) in [6.07, 6.45) is 8.00. The third kappa shape index (κ3) is 4.78. The summed E-state index contributed by atoms with van der Waals surface area (Å²) in [5.41, 5.74) is 1.21. The standard InChI is InChI=1S/C14H26N2O.CH3N/c1-5-12(15-3)14(17)16(4)13(6-2)11-9-7-8-10-11;1-2/h6,11-12,15H,5,7-10H2,1-4H3;2H,1H2/b13-6+;. The number of hydrogen-bond acceptors (Lipinski definition) is 3. The first-order valence-electron chi connectivity index (χ1n) is 7.12. The van der Waals surface area contributed by atoms with Gasteiger partial charge < -0.3 is 15.6 Å². The monoisotopic (exact) mass is 267 g/mol. The number of nitrogens with zero attached hydrogens (tertiary/aromatic N) is 1. The van der Waals surface area contributed by atoms with Crippen LogP contribution in [-0.2, 0) is 4.79 Å². The summed E-state index contributed by atoms with van der Waals surface area (Å²) in [6.45, 7) is 6.58. The fraction of sp³-hybridized carbons (Fsp3) is 0.733. The summed E-state index contributed by atoms with van der Waals surface area (Å²) in [5.74, 6) is 0.776. The molecule has 2 N–H and O–H groups in total. The topological polar surface area (TPSA) is 56.2 Å². The molecule has 0 saturated heterocycles. The van der Waals surface area contributed by atoms with Crippen molar-refractivity contribution in [2.24, 2.45) is 5.92 Å². The molecule has 1 fully saturated rings. The summed E-state index contributed by atoms with van der Waals surface area (Å²) in [7, 11) is 3.76. The van der Waals surface area contributed by atoms with Crippen molar-refractivity contribution in [1.82, 2.24) is 10.2 Å². The predicted octanol–water partition coefficient (Wildman–Crippen LogP) is 2.80. The van der Waals surface area contributed by atoms with Crippen LogP contribution in [0.4, 0.5) is 0 Å². The van der Waals surface area contributed by atoms with Crippen molar-refractivity contribution in [3.8, 4) is 0 Å². The predicted molar refractivity (Wildman–Crippen MR) is 81.5 cm³/mol. The minimum absolute atomic E-state index is 0.0589. The Hall–Kier alpha value is -1.16. The zero-order valence-electron chi connectivity index (χ0n) is 12.8. The van der Waals surface area contributed by atoms with Crippen LogP contribution in [0.2, 0.25) is 0 Å². The molecular weight excluding hydrogens is 238 g/mol. The third-order valence-electron chi connectivity index (χ3n) is 3.84.